The summed E-state index contributed by atoms with van der Waals surface area (Å²) in [5, 5.41) is 9.49. The molecule has 60 heavy (non-hydrogen) atoms. The van der Waals surface area contributed by atoms with Crippen LogP contribution in [0.5, 0.6) is 0 Å². The van der Waals surface area contributed by atoms with E-state index in [0.717, 1.165) is 88.5 Å². The number of para-hydroxylation sites is 3. The summed E-state index contributed by atoms with van der Waals surface area (Å²) in [7, 11) is -2.06. The number of fused-ring (bicyclic) bond motifs is 3. The zero-order chi connectivity index (χ0) is 38.8. The first-order chi connectivity index (χ1) is 29.8. The molecule has 0 amide bonds. The van der Waals surface area contributed by atoms with Crippen LogP contribution in [0.15, 0.2) is 189 Å². The first kappa shape index (κ1) is 31.6. The quantitative estimate of drug-likeness (QED) is 0.132. The third-order valence-corrected chi connectivity index (χ3v) is 18.0. The lowest BCUT2D eigenvalue weighted by Crippen LogP contribution is -2.05. The fourth-order valence-electron chi connectivity index (χ4n) is 10.4. The molecule has 0 bridgehead atoms. The second-order valence-electron chi connectivity index (χ2n) is 15.7. The minimum absolute atomic E-state index is 0.855. The molecule has 0 saturated heterocycles. The molecule has 0 fully saturated rings. The van der Waals surface area contributed by atoms with Gasteiger partial charge in [-0.05, 0) is 97.1 Å². The molecule has 0 spiro atoms. The van der Waals surface area contributed by atoms with E-state index in [1.165, 1.54) is 36.6 Å². The molecule has 0 saturated carbocycles. The van der Waals surface area contributed by atoms with Gasteiger partial charge in [-0.15, -0.1) is 0 Å². The molecule has 0 radical (unpaired) electrons. The Balaban J connectivity index is 1.22. The Morgan fingerprint density at radius 2 is 0.700 bits per heavy atom. The summed E-state index contributed by atoms with van der Waals surface area (Å²) in [4.78, 5) is 0. The van der Waals surface area contributed by atoms with Crippen LogP contribution in [0.1, 0.15) is 0 Å². The molecular weight excluding hydrogens is 777 g/mol. The van der Waals surface area contributed by atoms with Gasteiger partial charge in [0.2, 0.25) is 0 Å². The highest BCUT2D eigenvalue weighted by Crippen LogP contribution is 2.60. The van der Waals surface area contributed by atoms with E-state index in [2.05, 4.69) is 190 Å². The molecule has 15 rings (SSSR count). The molecule has 6 aromatic heterocycles. The average molecular weight is 806 g/mol. The molecule has 0 N–H and O–H groups in total. The van der Waals surface area contributed by atoms with Crippen molar-refractivity contribution in [1.29, 1.82) is 0 Å². The molecule has 6 heterocycles. The van der Waals surface area contributed by atoms with E-state index in [0.29, 0.717) is 0 Å². The van der Waals surface area contributed by atoms with Crippen molar-refractivity contribution in [3.05, 3.63) is 176 Å². The Bertz CT molecular complexity index is 4250. The van der Waals surface area contributed by atoms with E-state index in [1.807, 2.05) is 0 Å². The third kappa shape index (κ3) is 3.82. The van der Waals surface area contributed by atoms with Crippen LogP contribution in [0, 0.1) is 0 Å². The molecule has 0 aliphatic heterocycles. The van der Waals surface area contributed by atoms with Crippen LogP contribution in [-0.4, -0.2) is 13.7 Å². The van der Waals surface area contributed by atoms with Crippen LogP contribution < -0.4 is 0 Å². The molecule has 0 aliphatic carbocycles. The Kier molecular flexibility index (Phi) is 5.91. The molecule has 2 atom stereocenters. The van der Waals surface area contributed by atoms with Crippen molar-refractivity contribution in [2.24, 2.45) is 0 Å². The highest BCUT2D eigenvalue weighted by Gasteiger charge is 2.29. The standard InChI is InChI=1S/C52H29N3O3P2/c1-4-14-30(15-5-1)53-35-20-10-21-36-47(35)59-48-37(53)22-11-25-40(48)56-43-29-34-33(45(51(43)59)55(36)32-18-8-3-9-19-32)28-44-52-46(34)58-42-27-13-24-39-50(42)60(52)49-38(23-12-26-41(49)57-44)54(39)31-16-6-2-7-17-31/h1-29H. The van der Waals surface area contributed by atoms with Crippen molar-refractivity contribution in [3.63, 3.8) is 0 Å². The van der Waals surface area contributed by atoms with E-state index in [-0.39, 0.29) is 0 Å². The Labute approximate surface area is 341 Å². The summed E-state index contributed by atoms with van der Waals surface area (Å²) in [6, 6.07) is 63.1. The van der Waals surface area contributed by atoms with Gasteiger partial charge in [0.15, 0.2) is 5.58 Å². The summed E-state index contributed by atoms with van der Waals surface area (Å²) < 4.78 is 28.9. The number of aromatic nitrogens is 3. The van der Waals surface area contributed by atoms with Crippen LogP contribution in [0.25, 0.3) is 125 Å². The van der Waals surface area contributed by atoms with E-state index in [1.54, 1.807) is 0 Å². The summed E-state index contributed by atoms with van der Waals surface area (Å²) in [6.07, 6.45) is 0. The van der Waals surface area contributed by atoms with Crippen LogP contribution >= 0.6 is 14.7 Å². The van der Waals surface area contributed by atoms with Crippen molar-refractivity contribution in [1.82, 2.24) is 13.7 Å². The van der Waals surface area contributed by atoms with Crippen LogP contribution in [0.3, 0.4) is 0 Å². The highest BCUT2D eigenvalue weighted by atomic mass is 31.1. The minimum Gasteiger partial charge on any atom is -0.455 e. The minimum atomic E-state index is -1.03. The second kappa shape index (κ2) is 11.2. The fraction of sp³-hybridized carbons (Fsp3) is 0. The number of benzene rings is 9. The topological polar surface area (TPSA) is 54.2 Å². The van der Waals surface area contributed by atoms with Crippen LogP contribution in [0.4, 0.5) is 0 Å². The third-order valence-electron chi connectivity index (χ3n) is 12.6. The van der Waals surface area contributed by atoms with Crippen molar-refractivity contribution < 1.29 is 13.3 Å². The summed E-state index contributed by atoms with van der Waals surface area (Å²) in [6.45, 7) is 0. The van der Waals surface area contributed by atoms with E-state index >= 15 is 0 Å². The van der Waals surface area contributed by atoms with Crippen molar-refractivity contribution in [2.75, 3.05) is 0 Å². The zero-order valence-electron chi connectivity index (χ0n) is 31.7. The maximum Gasteiger partial charge on any atom is 0.150 e. The molecule has 6 nitrogen and oxygen atoms in total. The highest BCUT2D eigenvalue weighted by molar-refractivity contribution is 7.64. The number of hydrogen-bond acceptors (Lipinski definition) is 3. The Morgan fingerprint density at radius 1 is 0.300 bits per heavy atom. The number of rotatable bonds is 3. The smallest absolute Gasteiger partial charge is 0.150 e. The monoisotopic (exact) mass is 805 g/mol. The van der Waals surface area contributed by atoms with Gasteiger partial charge in [-0.2, -0.15) is 0 Å². The Hall–Kier alpha value is -7.36. The molecule has 15 aromatic rings. The summed E-state index contributed by atoms with van der Waals surface area (Å²) in [5.41, 5.74) is 15.6. The average Bonchev–Trinajstić information content (AvgIpc) is 3.30. The SMILES string of the molecule is c1ccc(-n2c3cccc4oc5cc6c(cc7oc8cccc9c8p8c%10c(cccc%10n(-c%10ccccc%10)c6c78)n9-c6ccccc6)c6oc7cccc2c7p(c56)c43)cc1. The summed E-state index contributed by atoms with van der Waals surface area (Å²) >= 11 is 0. The van der Waals surface area contributed by atoms with E-state index < -0.39 is 14.7 Å². The largest absolute Gasteiger partial charge is 0.455 e. The Morgan fingerprint density at radius 3 is 1.23 bits per heavy atom. The van der Waals surface area contributed by atoms with Gasteiger partial charge >= 0.3 is 0 Å². The predicted octanol–water partition coefficient (Wildman–Crippen LogP) is 16.1. The fourth-order valence-corrected chi connectivity index (χ4v) is 16.2. The van der Waals surface area contributed by atoms with Crippen molar-refractivity contribution in [3.8, 4) is 17.1 Å². The lowest BCUT2D eigenvalue weighted by atomic mass is 10.1. The first-order valence-electron chi connectivity index (χ1n) is 20.2. The second-order valence-corrected chi connectivity index (χ2v) is 19.8. The lowest BCUT2D eigenvalue weighted by Gasteiger charge is -2.26. The lowest BCUT2D eigenvalue weighted by molar-refractivity contribution is 0.652. The van der Waals surface area contributed by atoms with Crippen molar-refractivity contribution >= 4 is 123 Å². The van der Waals surface area contributed by atoms with E-state index in [9.17, 15) is 0 Å². The number of nitrogens with zero attached hydrogens (tertiary/aromatic N) is 3. The van der Waals surface area contributed by atoms with Gasteiger partial charge in [-0.3, -0.25) is 0 Å². The molecular formula is C52H29N3O3P2. The molecule has 2 unspecified atom stereocenters. The molecule has 0 aliphatic rings. The normalized spacial score (nSPS) is 13.3. The van der Waals surface area contributed by atoms with Crippen molar-refractivity contribution in [2.45, 2.75) is 0 Å². The maximum absolute atomic E-state index is 7.29. The van der Waals surface area contributed by atoms with Gasteiger partial charge in [0.05, 0.1) is 58.7 Å². The van der Waals surface area contributed by atoms with E-state index in [4.69, 9.17) is 13.3 Å². The first-order valence-corrected chi connectivity index (χ1v) is 22.9. The maximum atomic E-state index is 7.29. The molecule has 9 aromatic carbocycles. The van der Waals surface area contributed by atoms with Crippen LogP contribution in [-0.2, 0) is 0 Å². The zero-order valence-corrected chi connectivity index (χ0v) is 33.5. The molecule has 8 heteroatoms. The van der Waals surface area contributed by atoms with Gasteiger partial charge in [0.1, 0.15) is 27.9 Å². The summed E-state index contributed by atoms with van der Waals surface area (Å²) in [5.74, 6) is 0. The van der Waals surface area contributed by atoms with Crippen LogP contribution in [0.2, 0.25) is 0 Å². The van der Waals surface area contributed by atoms with Gasteiger partial charge in [-0.1, -0.05) is 93.5 Å². The van der Waals surface area contributed by atoms with Gasteiger partial charge in [0.25, 0.3) is 0 Å². The molecule has 280 valence electrons. The van der Waals surface area contributed by atoms with Gasteiger partial charge in [0, 0.05) is 33.0 Å². The number of hydrogen-bond donors (Lipinski definition) is 0. The van der Waals surface area contributed by atoms with Gasteiger partial charge < -0.3 is 27.0 Å². The van der Waals surface area contributed by atoms with Gasteiger partial charge in [-0.25, -0.2) is 0 Å². The predicted molar refractivity (Wildman–Crippen MR) is 250 cm³/mol.